The highest BCUT2D eigenvalue weighted by Gasteiger charge is 2.29. The molecule has 2 aromatic carbocycles. The number of piperidine rings is 1. The zero-order chi connectivity index (χ0) is 17.8. The van der Waals surface area contributed by atoms with Crippen molar-refractivity contribution in [1.82, 2.24) is 4.90 Å². The summed E-state index contributed by atoms with van der Waals surface area (Å²) in [6, 6.07) is 14.3. The molecule has 0 saturated carbocycles. The van der Waals surface area contributed by atoms with Gasteiger partial charge < -0.3 is 10.2 Å². The summed E-state index contributed by atoms with van der Waals surface area (Å²) in [7, 11) is 0. The van der Waals surface area contributed by atoms with Gasteiger partial charge in [-0.2, -0.15) is 0 Å². The summed E-state index contributed by atoms with van der Waals surface area (Å²) in [5, 5.41) is 3.53. The molecule has 1 saturated heterocycles. The van der Waals surface area contributed by atoms with Gasteiger partial charge in [-0.05, 0) is 55.3 Å². The van der Waals surface area contributed by atoms with Crippen LogP contribution in [0.2, 0.25) is 5.02 Å². The number of rotatable bonds is 3. The van der Waals surface area contributed by atoms with Gasteiger partial charge in [0.25, 0.3) is 5.91 Å². The molecule has 1 unspecified atom stereocenters. The highest BCUT2D eigenvalue weighted by molar-refractivity contribution is 9.10. The predicted octanol–water partition coefficient (Wildman–Crippen LogP) is 4.59. The minimum atomic E-state index is -0.205. The van der Waals surface area contributed by atoms with E-state index in [2.05, 4.69) is 21.2 Å². The van der Waals surface area contributed by atoms with Crippen LogP contribution in [0.1, 0.15) is 23.2 Å². The average molecular weight is 422 g/mol. The van der Waals surface area contributed by atoms with E-state index in [1.54, 1.807) is 29.2 Å². The Bertz CT molecular complexity index is 779. The molecule has 1 fully saturated rings. The van der Waals surface area contributed by atoms with Crippen LogP contribution in [-0.4, -0.2) is 29.8 Å². The first-order chi connectivity index (χ1) is 12.0. The second kappa shape index (κ2) is 8.02. The van der Waals surface area contributed by atoms with Gasteiger partial charge in [0.15, 0.2) is 0 Å². The Morgan fingerprint density at radius 1 is 1.16 bits per heavy atom. The molecule has 130 valence electrons. The number of nitrogens with one attached hydrogen (secondary N) is 1. The Labute approximate surface area is 160 Å². The van der Waals surface area contributed by atoms with Crippen molar-refractivity contribution < 1.29 is 9.59 Å². The topological polar surface area (TPSA) is 49.4 Å². The molecule has 0 radical (unpaired) electrons. The lowest BCUT2D eigenvalue weighted by Gasteiger charge is -2.32. The van der Waals surface area contributed by atoms with E-state index in [0.29, 0.717) is 23.7 Å². The van der Waals surface area contributed by atoms with Crippen LogP contribution in [-0.2, 0) is 4.79 Å². The fraction of sp³-hybridized carbons (Fsp3) is 0.263. The summed E-state index contributed by atoms with van der Waals surface area (Å²) in [6.45, 7) is 1.10. The second-order valence-corrected chi connectivity index (χ2v) is 7.45. The normalized spacial score (nSPS) is 17.2. The fourth-order valence-electron chi connectivity index (χ4n) is 2.96. The molecule has 1 N–H and O–H groups in total. The van der Waals surface area contributed by atoms with E-state index in [-0.39, 0.29) is 17.7 Å². The van der Waals surface area contributed by atoms with Crippen LogP contribution in [0, 0.1) is 5.92 Å². The van der Waals surface area contributed by atoms with Crippen molar-refractivity contribution in [3.63, 3.8) is 0 Å². The number of benzene rings is 2. The molecule has 1 aliphatic rings. The van der Waals surface area contributed by atoms with Gasteiger partial charge in [0.2, 0.25) is 5.91 Å². The van der Waals surface area contributed by atoms with Crippen LogP contribution in [0.25, 0.3) is 0 Å². The number of amides is 2. The summed E-state index contributed by atoms with van der Waals surface area (Å²) in [6.07, 6.45) is 1.60. The number of hydrogen-bond acceptors (Lipinski definition) is 2. The maximum Gasteiger partial charge on any atom is 0.253 e. The standard InChI is InChI=1S/C19H18BrClN2O2/c20-15-4-1-5-17(11-15)22-18(24)14-3-2-10-23(12-14)19(25)13-6-8-16(21)9-7-13/h1,4-9,11,14H,2-3,10,12H2,(H,22,24). The van der Waals surface area contributed by atoms with E-state index in [0.717, 1.165) is 23.0 Å². The molecular formula is C19H18BrClN2O2. The van der Waals surface area contributed by atoms with E-state index in [9.17, 15) is 9.59 Å². The van der Waals surface area contributed by atoms with Gasteiger partial charge >= 0.3 is 0 Å². The quantitative estimate of drug-likeness (QED) is 0.788. The molecule has 1 atom stereocenters. The number of anilines is 1. The summed E-state index contributed by atoms with van der Waals surface area (Å²) in [4.78, 5) is 26.9. The van der Waals surface area contributed by atoms with Crippen molar-refractivity contribution in [2.45, 2.75) is 12.8 Å². The third kappa shape index (κ3) is 4.61. The van der Waals surface area contributed by atoms with Gasteiger partial charge in [-0.1, -0.05) is 33.6 Å². The highest BCUT2D eigenvalue weighted by atomic mass is 79.9. The minimum Gasteiger partial charge on any atom is -0.338 e. The fourth-order valence-corrected chi connectivity index (χ4v) is 3.49. The Morgan fingerprint density at radius 3 is 2.64 bits per heavy atom. The maximum atomic E-state index is 12.6. The molecule has 25 heavy (non-hydrogen) atoms. The number of carbonyl (C=O) groups excluding carboxylic acids is 2. The molecule has 0 aromatic heterocycles. The van der Waals surface area contributed by atoms with Crippen LogP contribution in [0.4, 0.5) is 5.69 Å². The largest absolute Gasteiger partial charge is 0.338 e. The highest BCUT2D eigenvalue weighted by Crippen LogP contribution is 2.22. The lowest BCUT2D eigenvalue weighted by atomic mass is 9.96. The van der Waals surface area contributed by atoms with E-state index in [1.807, 2.05) is 24.3 Å². The van der Waals surface area contributed by atoms with Crippen molar-refractivity contribution in [2.75, 3.05) is 18.4 Å². The van der Waals surface area contributed by atoms with Gasteiger partial charge in [-0.3, -0.25) is 9.59 Å². The third-order valence-corrected chi connectivity index (χ3v) is 5.01. The first kappa shape index (κ1) is 18.0. The second-order valence-electron chi connectivity index (χ2n) is 6.10. The molecule has 0 spiro atoms. The van der Waals surface area contributed by atoms with Gasteiger partial charge in [0.1, 0.15) is 0 Å². The minimum absolute atomic E-state index is 0.0493. The molecule has 0 aliphatic carbocycles. The summed E-state index contributed by atoms with van der Waals surface area (Å²) >= 11 is 9.27. The lowest BCUT2D eigenvalue weighted by molar-refractivity contribution is -0.121. The molecule has 6 heteroatoms. The van der Waals surface area contributed by atoms with Crippen molar-refractivity contribution in [3.05, 3.63) is 63.6 Å². The Morgan fingerprint density at radius 2 is 1.92 bits per heavy atom. The Balaban J connectivity index is 1.65. The molecule has 0 bridgehead atoms. The lowest BCUT2D eigenvalue weighted by Crippen LogP contribution is -2.43. The first-order valence-electron chi connectivity index (χ1n) is 8.14. The van der Waals surface area contributed by atoms with Crippen LogP contribution in [0.15, 0.2) is 53.0 Å². The van der Waals surface area contributed by atoms with Gasteiger partial charge in [0, 0.05) is 33.8 Å². The van der Waals surface area contributed by atoms with Crippen LogP contribution >= 0.6 is 27.5 Å². The molecule has 3 rings (SSSR count). The van der Waals surface area contributed by atoms with Crippen LogP contribution in [0.5, 0.6) is 0 Å². The third-order valence-electron chi connectivity index (χ3n) is 4.26. The Hall–Kier alpha value is -1.85. The number of carbonyl (C=O) groups is 2. The van der Waals surface area contributed by atoms with Crippen molar-refractivity contribution in [3.8, 4) is 0 Å². The zero-order valence-electron chi connectivity index (χ0n) is 13.5. The van der Waals surface area contributed by atoms with Crippen molar-refractivity contribution in [2.24, 2.45) is 5.92 Å². The maximum absolute atomic E-state index is 12.6. The monoisotopic (exact) mass is 420 g/mol. The van der Waals surface area contributed by atoms with Crippen molar-refractivity contribution in [1.29, 1.82) is 0 Å². The van der Waals surface area contributed by atoms with E-state index in [1.165, 1.54) is 0 Å². The molecule has 1 aliphatic heterocycles. The van der Waals surface area contributed by atoms with Gasteiger partial charge in [-0.15, -0.1) is 0 Å². The van der Waals surface area contributed by atoms with Crippen molar-refractivity contribution >= 4 is 45.0 Å². The zero-order valence-corrected chi connectivity index (χ0v) is 15.9. The SMILES string of the molecule is O=C(Nc1cccc(Br)c1)C1CCCN(C(=O)c2ccc(Cl)cc2)C1. The summed E-state index contributed by atoms with van der Waals surface area (Å²) in [5.41, 5.74) is 1.35. The van der Waals surface area contributed by atoms with E-state index in [4.69, 9.17) is 11.6 Å². The molecular weight excluding hydrogens is 404 g/mol. The molecule has 4 nitrogen and oxygen atoms in total. The predicted molar refractivity (Wildman–Crippen MR) is 103 cm³/mol. The van der Waals surface area contributed by atoms with Crippen LogP contribution < -0.4 is 5.32 Å². The van der Waals surface area contributed by atoms with E-state index < -0.39 is 0 Å². The van der Waals surface area contributed by atoms with Gasteiger partial charge in [0.05, 0.1) is 5.92 Å². The number of likely N-dealkylation sites (tertiary alicyclic amines) is 1. The molecule has 2 amide bonds. The van der Waals surface area contributed by atoms with Gasteiger partial charge in [-0.25, -0.2) is 0 Å². The van der Waals surface area contributed by atoms with Crippen LogP contribution in [0.3, 0.4) is 0 Å². The average Bonchev–Trinajstić information content (AvgIpc) is 2.62. The summed E-state index contributed by atoms with van der Waals surface area (Å²) in [5.74, 6) is -0.313. The first-order valence-corrected chi connectivity index (χ1v) is 9.31. The Kier molecular flexibility index (Phi) is 5.76. The number of nitrogens with zero attached hydrogens (tertiary/aromatic N) is 1. The summed E-state index contributed by atoms with van der Waals surface area (Å²) < 4.78 is 0.911. The molecule has 2 aromatic rings. The number of halogens is 2. The van der Waals surface area contributed by atoms with E-state index >= 15 is 0 Å². The molecule has 1 heterocycles. The number of hydrogen-bond donors (Lipinski definition) is 1. The smallest absolute Gasteiger partial charge is 0.253 e.